The van der Waals surface area contributed by atoms with E-state index < -0.39 is 15.8 Å². The molecule has 0 aliphatic carbocycles. The molecule has 0 aliphatic heterocycles. The zero-order valence-corrected chi connectivity index (χ0v) is 12.5. The summed E-state index contributed by atoms with van der Waals surface area (Å²) in [6, 6.07) is 2.14. The number of nitrogen functional groups attached to an aromatic ring is 1. The summed E-state index contributed by atoms with van der Waals surface area (Å²) in [5.74, 6) is -0.603. The molecule has 0 spiro atoms. The highest BCUT2D eigenvalue weighted by Crippen LogP contribution is 2.28. The normalized spacial score (nSPS) is 11.8. The van der Waals surface area contributed by atoms with Crippen molar-refractivity contribution in [1.82, 2.24) is 4.31 Å². The minimum absolute atomic E-state index is 0.0546. The zero-order valence-electron chi connectivity index (χ0n) is 10.1. The highest BCUT2D eigenvalue weighted by Gasteiger charge is 2.24. The number of likely N-dealkylation sites (N-methyl/N-ethyl adjacent to an activating group) is 1. The summed E-state index contributed by atoms with van der Waals surface area (Å²) < 4.78 is 38.8. The van der Waals surface area contributed by atoms with Crippen molar-refractivity contribution < 1.29 is 12.8 Å². The van der Waals surface area contributed by atoms with Gasteiger partial charge in [-0.3, -0.25) is 0 Å². The van der Waals surface area contributed by atoms with Crippen molar-refractivity contribution in [3.63, 3.8) is 0 Å². The number of hydrogen-bond donors (Lipinski definition) is 1. The van der Waals surface area contributed by atoms with Crippen LogP contribution in [0.5, 0.6) is 0 Å². The zero-order chi connectivity index (χ0) is 14.1. The van der Waals surface area contributed by atoms with Crippen LogP contribution in [0.4, 0.5) is 10.1 Å². The van der Waals surface area contributed by atoms with Gasteiger partial charge in [0.05, 0.1) is 10.2 Å². The molecule has 18 heavy (non-hydrogen) atoms. The number of hydrogen-bond acceptors (Lipinski definition) is 3. The smallest absolute Gasteiger partial charge is 0.245 e. The van der Waals surface area contributed by atoms with E-state index in [2.05, 4.69) is 22.5 Å². The van der Waals surface area contributed by atoms with Crippen molar-refractivity contribution in [1.29, 1.82) is 0 Å². The van der Waals surface area contributed by atoms with E-state index in [9.17, 15) is 12.8 Å². The molecule has 1 aromatic carbocycles. The predicted molar refractivity (Wildman–Crippen MR) is 73.1 cm³/mol. The van der Waals surface area contributed by atoms with E-state index in [4.69, 9.17) is 5.73 Å². The van der Waals surface area contributed by atoms with Gasteiger partial charge in [0.1, 0.15) is 10.7 Å². The fourth-order valence-electron chi connectivity index (χ4n) is 1.40. The minimum atomic E-state index is -3.75. The Morgan fingerprint density at radius 1 is 1.56 bits per heavy atom. The van der Waals surface area contributed by atoms with E-state index >= 15 is 0 Å². The quantitative estimate of drug-likeness (QED) is 0.678. The number of nitrogens with two attached hydrogens (primary N) is 1. The number of halogens is 2. The fraction of sp³-hybridized carbons (Fsp3) is 0.273. The highest BCUT2D eigenvalue weighted by molar-refractivity contribution is 9.10. The van der Waals surface area contributed by atoms with Crippen LogP contribution in [-0.2, 0) is 10.0 Å². The molecular formula is C11H14BrFN2O2S. The fourth-order valence-corrected chi connectivity index (χ4v) is 3.24. The lowest BCUT2D eigenvalue weighted by molar-refractivity contribution is 0.493. The topological polar surface area (TPSA) is 63.4 Å². The first-order valence-corrected chi connectivity index (χ1v) is 7.24. The van der Waals surface area contributed by atoms with Crippen molar-refractivity contribution in [2.45, 2.75) is 11.8 Å². The standard InChI is InChI=1S/C11H14BrFN2O2S/c1-7(2)6-15(3)18(16,17)11-4-8(12)9(13)5-10(11)14/h4-5H,1,6,14H2,2-3H3. The summed E-state index contributed by atoms with van der Waals surface area (Å²) in [5, 5.41) is 0. The molecule has 0 bridgehead atoms. The number of anilines is 1. The molecule has 0 aromatic heterocycles. The molecule has 4 nitrogen and oxygen atoms in total. The van der Waals surface area contributed by atoms with Crippen LogP contribution in [0.25, 0.3) is 0 Å². The van der Waals surface area contributed by atoms with Gasteiger partial charge in [-0.25, -0.2) is 12.8 Å². The number of nitrogens with zero attached hydrogens (tertiary/aromatic N) is 1. The Labute approximate surface area is 114 Å². The monoisotopic (exact) mass is 336 g/mol. The molecule has 7 heteroatoms. The molecule has 0 unspecified atom stereocenters. The van der Waals surface area contributed by atoms with Gasteiger partial charge < -0.3 is 5.73 Å². The van der Waals surface area contributed by atoms with Gasteiger partial charge in [-0.15, -0.1) is 0 Å². The third-order valence-corrected chi connectivity index (χ3v) is 4.70. The van der Waals surface area contributed by atoms with Crippen molar-refractivity contribution in [2.75, 3.05) is 19.3 Å². The lowest BCUT2D eigenvalue weighted by Crippen LogP contribution is -2.29. The van der Waals surface area contributed by atoms with Crippen LogP contribution in [0, 0.1) is 5.82 Å². The first-order valence-electron chi connectivity index (χ1n) is 5.01. The van der Waals surface area contributed by atoms with Crippen LogP contribution in [-0.4, -0.2) is 26.3 Å². The van der Waals surface area contributed by atoms with Crippen LogP contribution in [0.15, 0.2) is 33.7 Å². The number of rotatable bonds is 4. The molecule has 100 valence electrons. The maximum Gasteiger partial charge on any atom is 0.245 e. The van der Waals surface area contributed by atoms with Gasteiger partial charge in [0, 0.05) is 13.6 Å². The SMILES string of the molecule is C=C(C)CN(C)S(=O)(=O)c1cc(Br)c(F)cc1N. The second-order valence-corrected chi connectivity index (χ2v) is 6.89. The van der Waals surface area contributed by atoms with E-state index in [1.54, 1.807) is 6.92 Å². The third-order valence-electron chi connectivity index (χ3n) is 2.23. The first-order chi connectivity index (χ1) is 8.16. The van der Waals surface area contributed by atoms with Gasteiger partial charge in [-0.05, 0) is 35.0 Å². The predicted octanol–water partition coefficient (Wildman–Crippen LogP) is 2.37. The van der Waals surface area contributed by atoms with Crippen molar-refractivity contribution >= 4 is 31.6 Å². The van der Waals surface area contributed by atoms with Crippen LogP contribution in [0.2, 0.25) is 0 Å². The summed E-state index contributed by atoms with van der Waals surface area (Å²) in [6.45, 7) is 5.55. The molecule has 2 N–H and O–H groups in total. The molecule has 1 rings (SSSR count). The Bertz CT molecular complexity index is 587. The third kappa shape index (κ3) is 3.09. The highest BCUT2D eigenvalue weighted by atomic mass is 79.9. The molecule has 0 radical (unpaired) electrons. The Kier molecular flexibility index (Phi) is 4.52. The van der Waals surface area contributed by atoms with Gasteiger partial charge in [0.2, 0.25) is 10.0 Å². The Hall–Kier alpha value is -0.920. The lowest BCUT2D eigenvalue weighted by Gasteiger charge is -2.18. The maximum atomic E-state index is 13.2. The van der Waals surface area contributed by atoms with E-state index in [0.29, 0.717) is 5.57 Å². The Morgan fingerprint density at radius 3 is 2.61 bits per heavy atom. The van der Waals surface area contributed by atoms with Gasteiger partial charge in [-0.1, -0.05) is 12.2 Å². The molecule has 1 aromatic rings. The maximum absolute atomic E-state index is 13.2. The molecule has 0 saturated carbocycles. The number of sulfonamides is 1. The molecule has 0 heterocycles. The van der Waals surface area contributed by atoms with E-state index in [-0.39, 0.29) is 21.6 Å². The van der Waals surface area contributed by atoms with Gasteiger partial charge in [0.15, 0.2) is 0 Å². The molecular weight excluding hydrogens is 323 g/mol. The van der Waals surface area contributed by atoms with Crippen molar-refractivity contribution in [3.05, 3.63) is 34.6 Å². The van der Waals surface area contributed by atoms with Gasteiger partial charge in [-0.2, -0.15) is 4.31 Å². The Morgan fingerprint density at radius 2 is 2.11 bits per heavy atom. The van der Waals surface area contributed by atoms with Crippen LogP contribution in [0.3, 0.4) is 0 Å². The van der Waals surface area contributed by atoms with Crippen LogP contribution in [0.1, 0.15) is 6.92 Å². The molecule has 0 aliphatic rings. The molecule has 0 atom stereocenters. The first kappa shape index (κ1) is 15.1. The second kappa shape index (κ2) is 5.38. The van der Waals surface area contributed by atoms with Gasteiger partial charge in [0.25, 0.3) is 0 Å². The van der Waals surface area contributed by atoms with E-state index in [1.807, 2.05) is 0 Å². The second-order valence-electron chi connectivity index (χ2n) is 4.02. The summed E-state index contributed by atoms with van der Waals surface area (Å²) in [7, 11) is -2.34. The molecule has 0 saturated heterocycles. The lowest BCUT2D eigenvalue weighted by atomic mass is 10.3. The average Bonchev–Trinajstić information content (AvgIpc) is 2.22. The van der Waals surface area contributed by atoms with Gasteiger partial charge >= 0.3 is 0 Å². The summed E-state index contributed by atoms with van der Waals surface area (Å²) in [5.41, 5.74) is 6.13. The van der Waals surface area contributed by atoms with E-state index in [0.717, 1.165) is 16.4 Å². The average molecular weight is 337 g/mol. The van der Waals surface area contributed by atoms with Crippen molar-refractivity contribution in [3.8, 4) is 0 Å². The molecule has 0 fully saturated rings. The number of benzene rings is 1. The summed E-state index contributed by atoms with van der Waals surface area (Å²) in [6.07, 6.45) is 0. The minimum Gasteiger partial charge on any atom is -0.398 e. The van der Waals surface area contributed by atoms with E-state index in [1.165, 1.54) is 7.05 Å². The van der Waals surface area contributed by atoms with Crippen LogP contribution >= 0.6 is 15.9 Å². The molecule has 0 amide bonds. The summed E-state index contributed by atoms with van der Waals surface area (Å²) in [4.78, 5) is -0.125. The largest absolute Gasteiger partial charge is 0.398 e. The van der Waals surface area contributed by atoms with Crippen LogP contribution < -0.4 is 5.73 Å². The summed E-state index contributed by atoms with van der Waals surface area (Å²) >= 11 is 2.94. The van der Waals surface area contributed by atoms with Crippen molar-refractivity contribution in [2.24, 2.45) is 0 Å². The Balaban J connectivity index is 3.29.